The first-order valence-corrected chi connectivity index (χ1v) is 5.31. The maximum Gasteiger partial charge on any atom is 0.172 e. The minimum atomic E-state index is 0.193. The highest BCUT2D eigenvalue weighted by molar-refractivity contribution is 5.73. The normalized spacial score (nSPS) is 10.5. The Balaban J connectivity index is 2.68. The number of aliphatic hydroxyl groups excluding tert-OH is 1. The van der Waals surface area contributed by atoms with Crippen molar-refractivity contribution in [1.29, 1.82) is 0 Å². The highest BCUT2D eigenvalue weighted by Gasteiger charge is 2.10. The Labute approximate surface area is 89.1 Å². The molecule has 1 rings (SSSR count). The first-order valence-electron chi connectivity index (χ1n) is 5.31. The Morgan fingerprint density at radius 1 is 1.47 bits per heavy atom. The van der Waals surface area contributed by atoms with Gasteiger partial charge in [0.25, 0.3) is 0 Å². The number of aryl methyl sites for hydroxylation is 1. The summed E-state index contributed by atoms with van der Waals surface area (Å²) in [6.45, 7) is 2.97. The van der Waals surface area contributed by atoms with Crippen LogP contribution in [0.4, 0.5) is 0 Å². The largest absolute Gasteiger partial charge is 0.396 e. The van der Waals surface area contributed by atoms with E-state index < -0.39 is 0 Å². The molecule has 0 fully saturated rings. The number of unbranched alkanes of at least 4 members (excludes halogenated alkanes) is 1. The van der Waals surface area contributed by atoms with E-state index in [2.05, 4.69) is 17.2 Å². The minimum Gasteiger partial charge on any atom is -0.396 e. The Hall–Kier alpha value is -1.23. The molecule has 1 aromatic heterocycles. The van der Waals surface area contributed by atoms with E-state index in [0.717, 1.165) is 44.2 Å². The molecule has 0 radical (unpaired) electrons. The molecule has 1 aromatic rings. The molecule has 0 aliphatic rings. The molecule has 84 valence electrons. The third-order valence-corrected chi connectivity index (χ3v) is 2.24. The van der Waals surface area contributed by atoms with Crippen molar-refractivity contribution in [3.63, 3.8) is 0 Å². The average Bonchev–Trinajstić information content (AvgIpc) is 2.62. The molecule has 1 heterocycles. The molecular formula is C10H17N3O2. The summed E-state index contributed by atoms with van der Waals surface area (Å²) in [6, 6.07) is 0. The minimum absolute atomic E-state index is 0.193. The monoisotopic (exact) mass is 211 g/mol. The van der Waals surface area contributed by atoms with Crippen molar-refractivity contribution < 1.29 is 9.90 Å². The van der Waals surface area contributed by atoms with E-state index in [9.17, 15) is 4.79 Å². The number of carbonyl (C=O) groups is 1. The molecule has 0 spiro atoms. The molecule has 0 aliphatic carbocycles. The standard InChI is InChI=1S/C10H17N3O2/c1-2-5-10-9(8-15)11-12-13(10)6-3-4-7-14/h8,14H,2-7H2,1H3. The van der Waals surface area contributed by atoms with Gasteiger partial charge in [0.1, 0.15) is 5.69 Å². The highest BCUT2D eigenvalue weighted by atomic mass is 16.2. The van der Waals surface area contributed by atoms with Gasteiger partial charge in [-0.3, -0.25) is 4.79 Å². The van der Waals surface area contributed by atoms with Crippen molar-refractivity contribution >= 4 is 6.29 Å². The zero-order valence-electron chi connectivity index (χ0n) is 9.02. The highest BCUT2D eigenvalue weighted by Crippen LogP contribution is 2.07. The lowest BCUT2D eigenvalue weighted by Crippen LogP contribution is -2.06. The third kappa shape index (κ3) is 3.13. The first kappa shape index (κ1) is 11.8. The fraction of sp³-hybridized carbons (Fsp3) is 0.700. The summed E-state index contributed by atoms with van der Waals surface area (Å²) in [4.78, 5) is 10.7. The van der Waals surface area contributed by atoms with Crippen LogP contribution in [0.15, 0.2) is 0 Å². The van der Waals surface area contributed by atoms with Crippen molar-refractivity contribution in [2.24, 2.45) is 0 Å². The maximum atomic E-state index is 10.7. The van der Waals surface area contributed by atoms with Crippen LogP contribution < -0.4 is 0 Å². The van der Waals surface area contributed by atoms with Crippen LogP contribution in [-0.2, 0) is 13.0 Å². The summed E-state index contributed by atoms with van der Waals surface area (Å²) in [5.41, 5.74) is 1.35. The van der Waals surface area contributed by atoms with Gasteiger partial charge in [0.15, 0.2) is 6.29 Å². The Kier molecular flexibility index (Phi) is 4.97. The van der Waals surface area contributed by atoms with Crippen LogP contribution >= 0.6 is 0 Å². The molecule has 0 saturated carbocycles. The van der Waals surface area contributed by atoms with Crippen molar-refractivity contribution in [1.82, 2.24) is 15.0 Å². The quantitative estimate of drug-likeness (QED) is 0.535. The van der Waals surface area contributed by atoms with Crippen LogP contribution in [-0.4, -0.2) is 33.0 Å². The molecule has 0 aromatic carbocycles. The predicted octanol–water partition coefficient (Wildman–Crippen LogP) is 0.816. The van der Waals surface area contributed by atoms with Crippen molar-refractivity contribution in [2.45, 2.75) is 39.2 Å². The van der Waals surface area contributed by atoms with Crippen LogP contribution in [0.5, 0.6) is 0 Å². The summed E-state index contributed by atoms with van der Waals surface area (Å²) >= 11 is 0. The number of carbonyl (C=O) groups excluding carboxylic acids is 1. The molecule has 0 unspecified atom stereocenters. The lowest BCUT2D eigenvalue weighted by molar-refractivity contribution is 0.111. The smallest absolute Gasteiger partial charge is 0.172 e. The van der Waals surface area contributed by atoms with Gasteiger partial charge in [-0.25, -0.2) is 4.68 Å². The predicted molar refractivity (Wildman–Crippen MR) is 55.7 cm³/mol. The van der Waals surface area contributed by atoms with Crippen molar-refractivity contribution in [2.75, 3.05) is 6.61 Å². The maximum absolute atomic E-state index is 10.7. The molecule has 5 heteroatoms. The Bertz CT molecular complexity index is 310. The molecule has 0 amide bonds. The van der Waals surface area contributed by atoms with E-state index in [-0.39, 0.29) is 6.61 Å². The van der Waals surface area contributed by atoms with Gasteiger partial charge in [-0.05, 0) is 19.3 Å². The molecule has 0 bridgehead atoms. The summed E-state index contributed by atoms with van der Waals surface area (Å²) in [5.74, 6) is 0. The first-order chi connectivity index (χ1) is 7.33. The summed E-state index contributed by atoms with van der Waals surface area (Å²) in [6.07, 6.45) is 4.14. The van der Waals surface area contributed by atoms with Gasteiger partial charge in [-0.2, -0.15) is 0 Å². The fourth-order valence-corrected chi connectivity index (χ4v) is 1.48. The number of aldehydes is 1. The van der Waals surface area contributed by atoms with E-state index in [1.165, 1.54) is 0 Å². The number of aromatic nitrogens is 3. The van der Waals surface area contributed by atoms with Gasteiger partial charge in [-0.1, -0.05) is 18.6 Å². The number of aliphatic hydroxyl groups is 1. The van der Waals surface area contributed by atoms with Gasteiger partial charge in [0.05, 0.1) is 5.69 Å². The molecule has 5 nitrogen and oxygen atoms in total. The van der Waals surface area contributed by atoms with E-state index in [1.807, 2.05) is 0 Å². The lowest BCUT2D eigenvalue weighted by atomic mass is 10.2. The molecule has 15 heavy (non-hydrogen) atoms. The zero-order chi connectivity index (χ0) is 11.1. The van der Waals surface area contributed by atoms with E-state index in [1.54, 1.807) is 4.68 Å². The van der Waals surface area contributed by atoms with E-state index in [4.69, 9.17) is 5.11 Å². The second kappa shape index (κ2) is 6.29. The van der Waals surface area contributed by atoms with Gasteiger partial charge in [0, 0.05) is 13.2 Å². The Morgan fingerprint density at radius 3 is 2.87 bits per heavy atom. The van der Waals surface area contributed by atoms with Crippen LogP contribution in [0.3, 0.4) is 0 Å². The molecular weight excluding hydrogens is 194 g/mol. The molecule has 0 atom stereocenters. The van der Waals surface area contributed by atoms with Gasteiger partial charge < -0.3 is 5.11 Å². The van der Waals surface area contributed by atoms with E-state index in [0.29, 0.717) is 5.69 Å². The fourth-order valence-electron chi connectivity index (χ4n) is 1.48. The summed E-state index contributed by atoms with van der Waals surface area (Å²) < 4.78 is 1.77. The number of rotatable bonds is 7. The SMILES string of the molecule is CCCc1c(C=O)nnn1CCCCO. The molecule has 0 saturated heterocycles. The zero-order valence-corrected chi connectivity index (χ0v) is 9.02. The number of hydrogen-bond donors (Lipinski definition) is 1. The molecule has 1 N–H and O–H groups in total. The summed E-state index contributed by atoms with van der Waals surface area (Å²) in [5, 5.41) is 16.4. The van der Waals surface area contributed by atoms with Gasteiger partial charge in [-0.15, -0.1) is 5.10 Å². The van der Waals surface area contributed by atoms with Crippen LogP contribution in [0.25, 0.3) is 0 Å². The van der Waals surface area contributed by atoms with Crippen LogP contribution in [0.1, 0.15) is 42.4 Å². The summed E-state index contributed by atoms with van der Waals surface area (Å²) in [7, 11) is 0. The number of nitrogens with zero attached hydrogens (tertiary/aromatic N) is 3. The second-order valence-corrected chi connectivity index (χ2v) is 3.44. The van der Waals surface area contributed by atoms with E-state index >= 15 is 0 Å². The van der Waals surface area contributed by atoms with Gasteiger partial charge in [0.2, 0.25) is 0 Å². The third-order valence-electron chi connectivity index (χ3n) is 2.24. The topological polar surface area (TPSA) is 68.0 Å². The second-order valence-electron chi connectivity index (χ2n) is 3.44. The van der Waals surface area contributed by atoms with Crippen LogP contribution in [0, 0.1) is 0 Å². The molecule has 0 aliphatic heterocycles. The van der Waals surface area contributed by atoms with Crippen molar-refractivity contribution in [3.8, 4) is 0 Å². The number of hydrogen-bond acceptors (Lipinski definition) is 4. The average molecular weight is 211 g/mol. The van der Waals surface area contributed by atoms with Crippen LogP contribution in [0.2, 0.25) is 0 Å². The van der Waals surface area contributed by atoms with Crippen molar-refractivity contribution in [3.05, 3.63) is 11.4 Å². The lowest BCUT2D eigenvalue weighted by Gasteiger charge is -2.04. The van der Waals surface area contributed by atoms with Gasteiger partial charge >= 0.3 is 0 Å². The Morgan fingerprint density at radius 2 is 2.27 bits per heavy atom.